The molecular formula is C23H20ClF2N5O2. The number of anilines is 1. The molecule has 170 valence electrons. The Morgan fingerprint density at radius 1 is 1.24 bits per heavy atom. The molecule has 33 heavy (non-hydrogen) atoms. The lowest BCUT2D eigenvalue weighted by Gasteiger charge is -2.32. The van der Waals surface area contributed by atoms with Crippen molar-refractivity contribution in [3.05, 3.63) is 94.4 Å². The van der Waals surface area contributed by atoms with Crippen molar-refractivity contribution in [3.8, 4) is 0 Å². The summed E-state index contributed by atoms with van der Waals surface area (Å²) in [5.74, 6) is -2.29. The Morgan fingerprint density at radius 3 is 2.70 bits per heavy atom. The van der Waals surface area contributed by atoms with Crippen molar-refractivity contribution in [2.45, 2.75) is 25.2 Å². The van der Waals surface area contributed by atoms with E-state index in [-0.39, 0.29) is 28.5 Å². The van der Waals surface area contributed by atoms with Crippen molar-refractivity contribution in [3.63, 3.8) is 0 Å². The Balaban J connectivity index is 1.80. The molecule has 1 unspecified atom stereocenters. The standard InChI is InChI=1S/C23H20ClF2N5O2/c1-3-23(14-12-27-31(2)13-14,19-5-4-6-20(24)29-19)11-15-16(25)7-8-17(21(15)26)28-22(32)18-9-10-33-30-18/h4-10,12-13H,3,11H2,1-2H3,(H,28,32). The zero-order valence-electron chi connectivity index (χ0n) is 17.8. The van der Waals surface area contributed by atoms with Crippen LogP contribution in [0.15, 0.2) is 59.6 Å². The van der Waals surface area contributed by atoms with Gasteiger partial charge in [-0.2, -0.15) is 5.10 Å². The van der Waals surface area contributed by atoms with Crippen LogP contribution in [0.1, 0.15) is 40.7 Å². The van der Waals surface area contributed by atoms with Gasteiger partial charge in [0.1, 0.15) is 17.2 Å². The number of rotatable bonds is 7. The lowest BCUT2D eigenvalue weighted by molar-refractivity contribution is 0.101. The average Bonchev–Trinajstić information content (AvgIpc) is 3.49. The highest BCUT2D eigenvalue weighted by molar-refractivity contribution is 6.29. The smallest absolute Gasteiger partial charge is 0.277 e. The largest absolute Gasteiger partial charge is 0.364 e. The normalized spacial score (nSPS) is 13.0. The molecule has 1 aromatic carbocycles. The molecule has 0 saturated heterocycles. The van der Waals surface area contributed by atoms with E-state index in [1.165, 1.54) is 18.4 Å². The van der Waals surface area contributed by atoms with Gasteiger partial charge in [-0.25, -0.2) is 13.8 Å². The molecule has 0 aliphatic carbocycles. The van der Waals surface area contributed by atoms with Gasteiger partial charge < -0.3 is 9.84 Å². The number of carbonyl (C=O) groups is 1. The fourth-order valence-corrected chi connectivity index (χ4v) is 4.03. The van der Waals surface area contributed by atoms with Gasteiger partial charge >= 0.3 is 0 Å². The van der Waals surface area contributed by atoms with E-state index in [9.17, 15) is 9.18 Å². The molecule has 7 nitrogen and oxygen atoms in total. The van der Waals surface area contributed by atoms with Crippen molar-refractivity contribution in [1.29, 1.82) is 0 Å². The van der Waals surface area contributed by atoms with Gasteiger partial charge in [0.2, 0.25) is 0 Å². The molecule has 4 rings (SSSR count). The summed E-state index contributed by atoms with van der Waals surface area (Å²) in [5, 5.41) is 10.5. The van der Waals surface area contributed by atoms with Crippen molar-refractivity contribution in [1.82, 2.24) is 19.9 Å². The first-order chi connectivity index (χ1) is 15.8. The summed E-state index contributed by atoms with van der Waals surface area (Å²) in [6.45, 7) is 1.90. The van der Waals surface area contributed by atoms with E-state index in [4.69, 9.17) is 11.6 Å². The molecule has 4 aromatic rings. The van der Waals surface area contributed by atoms with E-state index in [0.717, 1.165) is 11.6 Å². The number of pyridine rings is 1. The summed E-state index contributed by atoms with van der Waals surface area (Å²) in [4.78, 5) is 16.8. The van der Waals surface area contributed by atoms with Crippen LogP contribution in [0.5, 0.6) is 0 Å². The van der Waals surface area contributed by atoms with Crippen LogP contribution in [-0.2, 0) is 18.9 Å². The van der Waals surface area contributed by atoms with Crippen LogP contribution in [0.2, 0.25) is 5.15 Å². The summed E-state index contributed by atoms with van der Waals surface area (Å²) in [5.41, 5.74) is -0.0218. The van der Waals surface area contributed by atoms with E-state index in [0.29, 0.717) is 12.1 Å². The number of nitrogens with zero attached hydrogens (tertiary/aromatic N) is 4. The average molecular weight is 472 g/mol. The Hall–Kier alpha value is -3.59. The number of nitrogens with one attached hydrogen (secondary N) is 1. The number of hydrogen-bond acceptors (Lipinski definition) is 5. The maximum Gasteiger partial charge on any atom is 0.277 e. The van der Waals surface area contributed by atoms with Gasteiger partial charge in [0, 0.05) is 35.9 Å². The van der Waals surface area contributed by atoms with Gasteiger partial charge in [0.05, 0.1) is 17.6 Å². The predicted octanol–water partition coefficient (Wildman–Crippen LogP) is 4.93. The first kappa shape index (κ1) is 22.6. The molecule has 3 heterocycles. The Kier molecular flexibility index (Phi) is 6.24. The topological polar surface area (TPSA) is 85.8 Å². The third-order valence-electron chi connectivity index (χ3n) is 5.65. The Bertz CT molecular complexity index is 1290. The minimum Gasteiger partial charge on any atom is -0.364 e. The van der Waals surface area contributed by atoms with Crippen LogP contribution in [0, 0.1) is 11.6 Å². The van der Waals surface area contributed by atoms with Gasteiger partial charge in [-0.05, 0) is 37.1 Å². The second kappa shape index (κ2) is 9.11. The minimum atomic E-state index is -0.921. The van der Waals surface area contributed by atoms with Crippen molar-refractivity contribution in [2.75, 3.05) is 5.32 Å². The van der Waals surface area contributed by atoms with Gasteiger partial charge in [0.15, 0.2) is 11.5 Å². The summed E-state index contributed by atoms with van der Waals surface area (Å²) in [7, 11) is 1.76. The number of benzene rings is 1. The zero-order valence-corrected chi connectivity index (χ0v) is 18.6. The summed E-state index contributed by atoms with van der Waals surface area (Å²) in [6, 6.07) is 8.78. The number of aryl methyl sites for hydroxylation is 1. The SMILES string of the molecule is CCC(Cc1c(F)ccc(NC(=O)c2ccon2)c1F)(c1cnn(C)c1)c1cccc(Cl)n1. The molecule has 1 atom stereocenters. The molecule has 10 heteroatoms. The van der Waals surface area contributed by atoms with Gasteiger partial charge in [-0.1, -0.05) is 29.7 Å². The Labute approximate surface area is 193 Å². The van der Waals surface area contributed by atoms with Crippen LogP contribution in [0.4, 0.5) is 14.5 Å². The first-order valence-electron chi connectivity index (χ1n) is 10.1. The Morgan fingerprint density at radius 2 is 2.06 bits per heavy atom. The molecule has 0 spiro atoms. The predicted molar refractivity (Wildman–Crippen MR) is 118 cm³/mol. The van der Waals surface area contributed by atoms with Crippen molar-refractivity contribution >= 4 is 23.2 Å². The maximum absolute atomic E-state index is 15.6. The molecule has 0 bridgehead atoms. The number of halogens is 3. The van der Waals surface area contributed by atoms with Crippen molar-refractivity contribution in [2.24, 2.45) is 7.05 Å². The summed E-state index contributed by atoms with van der Waals surface area (Å²) in [6.07, 6.45) is 5.05. The second-order valence-corrected chi connectivity index (χ2v) is 7.97. The highest BCUT2D eigenvalue weighted by atomic mass is 35.5. The molecule has 3 aromatic heterocycles. The van der Waals surface area contributed by atoms with Crippen LogP contribution < -0.4 is 5.32 Å². The summed E-state index contributed by atoms with van der Waals surface area (Å²) >= 11 is 6.16. The monoisotopic (exact) mass is 471 g/mol. The van der Waals surface area contributed by atoms with E-state index in [2.05, 4.69) is 25.1 Å². The number of aromatic nitrogens is 4. The third kappa shape index (κ3) is 4.36. The molecule has 0 aliphatic rings. The highest BCUT2D eigenvalue weighted by Crippen LogP contribution is 2.40. The third-order valence-corrected chi connectivity index (χ3v) is 5.86. The van der Waals surface area contributed by atoms with Gasteiger partial charge in [-0.15, -0.1) is 0 Å². The number of carbonyl (C=O) groups excluding carboxylic acids is 1. The summed E-state index contributed by atoms with van der Waals surface area (Å²) < 4.78 is 36.8. The van der Waals surface area contributed by atoms with Crippen LogP contribution in [0.3, 0.4) is 0 Å². The maximum atomic E-state index is 15.6. The van der Waals surface area contributed by atoms with E-state index in [1.54, 1.807) is 42.3 Å². The zero-order chi connectivity index (χ0) is 23.6. The number of hydrogen-bond donors (Lipinski definition) is 1. The van der Waals surface area contributed by atoms with Crippen LogP contribution in [-0.4, -0.2) is 25.8 Å². The van der Waals surface area contributed by atoms with E-state index < -0.39 is 23.0 Å². The highest BCUT2D eigenvalue weighted by Gasteiger charge is 2.38. The van der Waals surface area contributed by atoms with Gasteiger partial charge in [-0.3, -0.25) is 9.48 Å². The fourth-order valence-electron chi connectivity index (χ4n) is 3.87. The minimum absolute atomic E-state index is 0.0262. The number of amides is 1. The van der Waals surface area contributed by atoms with Gasteiger partial charge in [0.25, 0.3) is 5.91 Å². The molecule has 0 radical (unpaired) electrons. The molecule has 1 N–H and O–H groups in total. The van der Waals surface area contributed by atoms with E-state index in [1.807, 2.05) is 6.92 Å². The lowest BCUT2D eigenvalue weighted by atomic mass is 9.71. The second-order valence-electron chi connectivity index (χ2n) is 7.59. The van der Waals surface area contributed by atoms with Crippen LogP contribution in [0.25, 0.3) is 0 Å². The lowest BCUT2D eigenvalue weighted by Crippen LogP contribution is -2.32. The molecule has 0 fully saturated rings. The quantitative estimate of drug-likeness (QED) is 0.386. The molecule has 0 aliphatic heterocycles. The van der Waals surface area contributed by atoms with Crippen molar-refractivity contribution < 1.29 is 18.1 Å². The fraction of sp³-hybridized carbons (Fsp3) is 0.217. The van der Waals surface area contributed by atoms with E-state index >= 15 is 4.39 Å². The molecular weight excluding hydrogens is 452 g/mol. The molecule has 1 amide bonds. The molecule has 0 saturated carbocycles. The first-order valence-corrected chi connectivity index (χ1v) is 10.5. The van der Waals surface area contributed by atoms with Crippen LogP contribution >= 0.6 is 11.6 Å².